The summed E-state index contributed by atoms with van der Waals surface area (Å²) in [6.45, 7) is 5.27. The van der Waals surface area contributed by atoms with Crippen molar-refractivity contribution in [2.45, 2.75) is 90.9 Å². The summed E-state index contributed by atoms with van der Waals surface area (Å²) in [5.41, 5.74) is 0.958. The Hall–Kier alpha value is -0.530. The van der Waals surface area contributed by atoms with Crippen LogP contribution in [0.25, 0.3) is 0 Å². The molecule has 4 aliphatic rings. The number of rotatable bonds is 3. The van der Waals surface area contributed by atoms with E-state index in [4.69, 9.17) is 4.74 Å². The van der Waals surface area contributed by atoms with Crippen molar-refractivity contribution in [3.63, 3.8) is 0 Å². The zero-order valence-electron chi connectivity index (χ0n) is 15.8. The molecule has 24 heavy (non-hydrogen) atoms. The molecular formula is C22H36O2. The molecule has 0 aromatic heterocycles. The molecule has 1 unspecified atom stereocenters. The van der Waals surface area contributed by atoms with Crippen molar-refractivity contribution in [2.75, 3.05) is 6.61 Å². The molecule has 136 valence electrons. The number of hydrogen-bond donors (Lipinski definition) is 0. The molecule has 4 saturated carbocycles. The predicted octanol–water partition coefficient (Wildman–Crippen LogP) is 5.74. The molecule has 0 aromatic rings. The molecular weight excluding hydrogens is 296 g/mol. The Morgan fingerprint density at radius 1 is 0.958 bits per heavy atom. The number of esters is 1. The first-order valence-corrected chi connectivity index (χ1v) is 10.7. The van der Waals surface area contributed by atoms with Gasteiger partial charge in [0.2, 0.25) is 0 Å². The van der Waals surface area contributed by atoms with Crippen LogP contribution in [0.2, 0.25) is 0 Å². The van der Waals surface area contributed by atoms with E-state index in [9.17, 15) is 4.79 Å². The Bertz CT molecular complexity index is 486. The van der Waals surface area contributed by atoms with E-state index in [1.165, 1.54) is 70.6 Å². The van der Waals surface area contributed by atoms with Gasteiger partial charge in [-0.05, 0) is 80.5 Å². The largest absolute Gasteiger partial charge is 0.465 e. The van der Waals surface area contributed by atoms with Crippen molar-refractivity contribution < 1.29 is 9.53 Å². The minimum atomic E-state index is 0.0000917. The highest BCUT2D eigenvalue weighted by Gasteiger charge is 2.58. The van der Waals surface area contributed by atoms with Crippen LogP contribution in [-0.4, -0.2) is 12.6 Å². The summed E-state index contributed by atoms with van der Waals surface area (Å²) < 4.78 is 5.71. The van der Waals surface area contributed by atoms with Crippen LogP contribution in [0.1, 0.15) is 90.9 Å². The lowest BCUT2D eigenvalue weighted by molar-refractivity contribution is -0.156. The lowest BCUT2D eigenvalue weighted by Crippen LogP contribution is -2.53. The van der Waals surface area contributed by atoms with E-state index >= 15 is 0 Å². The summed E-state index contributed by atoms with van der Waals surface area (Å²) in [6.07, 6.45) is 16.1. The normalized spacial score (nSPS) is 47.4. The second-order valence-corrected chi connectivity index (χ2v) is 9.71. The van der Waals surface area contributed by atoms with Crippen LogP contribution in [0, 0.1) is 34.5 Å². The van der Waals surface area contributed by atoms with Crippen LogP contribution in [0.3, 0.4) is 0 Å². The van der Waals surface area contributed by atoms with Gasteiger partial charge < -0.3 is 4.74 Å². The Kier molecular flexibility index (Phi) is 4.46. The monoisotopic (exact) mass is 332 g/mol. The molecule has 0 radical (unpaired) electrons. The summed E-state index contributed by atoms with van der Waals surface area (Å²) in [6, 6.07) is 0. The fourth-order valence-electron chi connectivity index (χ4n) is 7.67. The molecule has 4 rings (SSSR count). The Morgan fingerprint density at radius 2 is 1.83 bits per heavy atom. The van der Waals surface area contributed by atoms with Crippen LogP contribution >= 0.6 is 0 Å². The van der Waals surface area contributed by atoms with Gasteiger partial charge >= 0.3 is 5.97 Å². The lowest BCUT2D eigenvalue weighted by atomic mass is 9.45. The van der Waals surface area contributed by atoms with Crippen molar-refractivity contribution in [2.24, 2.45) is 34.5 Å². The Balaban J connectivity index is 1.54. The topological polar surface area (TPSA) is 26.3 Å². The second-order valence-electron chi connectivity index (χ2n) is 9.71. The smallest absolute Gasteiger partial charge is 0.305 e. The minimum Gasteiger partial charge on any atom is -0.465 e. The Labute approximate surface area is 148 Å². The van der Waals surface area contributed by atoms with Gasteiger partial charge in [0.15, 0.2) is 0 Å². The molecule has 4 fully saturated rings. The SMILES string of the molecule is CCC(=O)OC[C@@]12CCC[C@H]1[C@@H]1CCC3CCCC[C@]3(C)[C@H]1CC2. The van der Waals surface area contributed by atoms with E-state index in [1.807, 2.05) is 6.92 Å². The average molecular weight is 333 g/mol. The zero-order valence-corrected chi connectivity index (χ0v) is 15.8. The molecule has 6 atom stereocenters. The van der Waals surface area contributed by atoms with E-state index in [-0.39, 0.29) is 5.97 Å². The molecule has 2 heteroatoms. The number of ether oxygens (including phenoxy) is 1. The van der Waals surface area contributed by atoms with Gasteiger partial charge in [-0.15, -0.1) is 0 Å². The third-order valence-corrected chi connectivity index (χ3v) is 8.92. The fourth-order valence-corrected chi connectivity index (χ4v) is 7.67. The van der Waals surface area contributed by atoms with E-state index in [0.717, 1.165) is 23.7 Å². The van der Waals surface area contributed by atoms with Gasteiger partial charge in [0.05, 0.1) is 6.61 Å². The molecule has 0 spiro atoms. The molecule has 2 nitrogen and oxygen atoms in total. The third kappa shape index (κ3) is 2.54. The van der Waals surface area contributed by atoms with Gasteiger partial charge in [-0.1, -0.05) is 33.1 Å². The minimum absolute atomic E-state index is 0.0000917. The molecule has 0 amide bonds. The van der Waals surface area contributed by atoms with E-state index in [1.54, 1.807) is 0 Å². The number of hydrogen-bond acceptors (Lipinski definition) is 2. The highest BCUT2D eigenvalue weighted by atomic mass is 16.5. The first-order valence-electron chi connectivity index (χ1n) is 10.7. The van der Waals surface area contributed by atoms with Crippen LogP contribution in [0.15, 0.2) is 0 Å². The Morgan fingerprint density at radius 3 is 2.67 bits per heavy atom. The first-order chi connectivity index (χ1) is 11.6. The van der Waals surface area contributed by atoms with Crippen LogP contribution in [0.5, 0.6) is 0 Å². The number of fused-ring (bicyclic) bond motifs is 5. The van der Waals surface area contributed by atoms with Gasteiger partial charge in [-0.2, -0.15) is 0 Å². The molecule has 0 bridgehead atoms. The van der Waals surface area contributed by atoms with Crippen molar-refractivity contribution in [1.82, 2.24) is 0 Å². The van der Waals surface area contributed by atoms with Gasteiger partial charge in [-0.25, -0.2) is 0 Å². The maximum absolute atomic E-state index is 11.7. The van der Waals surface area contributed by atoms with Crippen LogP contribution in [-0.2, 0) is 9.53 Å². The zero-order chi connectivity index (χ0) is 16.8. The van der Waals surface area contributed by atoms with E-state index in [0.29, 0.717) is 23.9 Å². The van der Waals surface area contributed by atoms with Gasteiger partial charge in [-0.3, -0.25) is 4.79 Å². The fraction of sp³-hybridized carbons (Fsp3) is 0.955. The maximum Gasteiger partial charge on any atom is 0.305 e. The van der Waals surface area contributed by atoms with Gasteiger partial charge in [0.1, 0.15) is 0 Å². The number of carbonyl (C=O) groups excluding carboxylic acids is 1. The second kappa shape index (κ2) is 6.32. The van der Waals surface area contributed by atoms with Gasteiger partial charge in [0.25, 0.3) is 0 Å². The molecule has 0 N–H and O–H groups in total. The van der Waals surface area contributed by atoms with E-state index in [2.05, 4.69) is 6.92 Å². The summed E-state index contributed by atoms with van der Waals surface area (Å²) in [5, 5.41) is 0. The third-order valence-electron chi connectivity index (χ3n) is 8.92. The van der Waals surface area contributed by atoms with Crippen molar-refractivity contribution in [1.29, 1.82) is 0 Å². The summed E-state index contributed by atoms with van der Waals surface area (Å²) in [4.78, 5) is 11.7. The molecule has 0 aliphatic heterocycles. The quantitative estimate of drug-likeness (QED) is 0.616. The van der Waals surface area contributed by atoms with Crippen molar-refractivity contribution in [3.05, 3.63) is 0 Å². The van der Waals surface area contributed by atoms with Crippen molar-refractivity contribution in [3.8, 4) is 0 Å². The molecule has 0 heterocycles. The molecule has 4 aliphatic carbocycles. The van der Waals surface area contributed by atoms with Crippen LogP contribution < -0.4 is 0 Å². The van der Waals surface area contributed by atoms with E-state index < -0.39 is 0 Å². The molecule has 0 aromatic carbocycles. The summed E-state index contributed by atoms with van der Waals surface area (Å²) in [5.74, 6) is 3.70. The lowest BCUT2D eigenvalue weighted by Gasteiger charge is -2.60. The first kappa shape index (κ1) is 16.9. The highest BCUT2D eigenvalue weighted by molar-refractivity contribution is 5.68. The standard InChI is InChI=1S/C22H36O2/c1-3-20(23)24-15-22-13-6-8-19(22)17-10-9-16-7-4-5-12-21(16,2)18(17)11-14-22/h16-19H,3-15H2,1-2H3/t16?,17-,18+,19+,21+,22+/m1/s1. The predicted molar refractivity (Wildman–Crippen MR) is 96.5 cm³/mol. The van der Waals surface area contributed by atoms with Crippen LogP contribution in [0.4, 0.5) is 0 Å². The summed E-state index contributed by atoms with van der Waals surface area (Å²) in [7, 11) is 0. The average Bonchev–Trinajstić information content (AvgIpc) is 3.03. The van der Waals surface area contributed by atoms with Crippen molar-refractivity contribution >= 4 is 5.97 Å². The summed E-state index contributed by atoms with van der Waals surface area (Å²) >= 11 is 0. The maximum atomic E-state index is 11.7. The number of carbonyl (C=O) groups is 1. The molecule has 0 saturated heterocycles. The van der Waals surface area contributed by atoms with Gasteiger partial charge in [0, 0.05) is 11.8 Å². The highest BCUT2D eigenvalue weighted by Crippen LogP contribution is 2.66.